The number of unbranched alkanes of at least 4 members (excludes halogenated alkanes) is 1. The van der Waals surface area contributed by atoms with Crippen molar-refractivity contribution in [3.63, 3.8) is 0 Å². The quantitative estimate of drug-likeness (QED) is 0.660. The summed E-state index contributed by atoms with van der Waals surface area (Å²) in [5.41, 5.74) is 5.95. The van der Waals surface area contributed by atoms with Crippen molar-refractivity contribution in [1.29, 1.82) is 0 Å². The van der Waals surface area contributed by atoms with Gasteiger partial charge in [-0.2, -0.15) is 9.61 Å². The molecule has 0 aromatic carbocycles. The number of hydrogen-bond acceptors (Lipinski definition) is 6. The highest BCUT2D eigenvalue weighted by Crippen LogP contribution is 2.32. The van der Waals surface area contributed by atoms with Crippen molar-refractivity contribution in [1.82, 2.24) is 14.6 Å². The van der Waals surface area contributed by atoms with Gasteiger partial charge < -0.3 is 10.6 Å². The van der Waals surface area contributed by atoms with Gasteiger partial charge in [0.25, 0.3) is 0 Å². The van der Waals surface area contributed by atoms with Crippen LogP contribution in [0.3, 0.4) is 0 Å². The molecule has 0 spiro atoms. The number of halogens is 1. The first-order valence-electron chi connectivity index (χ1n) is 6.15. The fraction of sp³-hybridized carbons (Fsp3) is 0.455. The zero-order valence-corrected chi connectivity index (χ0v) is 12.8. The summed E-state index contributed by atoms with van der Waals surface area (Å²) in [5, 5.41) is 14.9. The first kappa shape index (κ1) is 14.5. The lowest BCUT2D eigenvalue weighted by Gasteiger charge is -2.20. The Kier molecular flexibility index (Phi) is 4.07. The van der Waals surface area contributed by atoms with Crippen LogP contribution in [0.1, 0.15) is 19.8 Å². The number of hydrogen-bond donors (Lipinski definition) is 1. The van der Waals surface area contributed by atoms with Crippen LogP contribution in [0.2, 0.25) is 0 Å². The second-order valence-electron chi connectivity index (χ2n) is 4.43. The Morgan fingerprint density at radius 2 is 2.30 bits per heavy atom. The molecule has 0 saturated heterocycles. The zero-order valence-electron chi connectivity index (χ0n) is 11.2. The molecule has 2 aromatic heterocycles. The second-order valence-corrected chi connectivity index (χ2v) is 5.23. The van der Waals surface area contributed by atoms with Gasteiger partial charge >= 0.3 is 5.69 Å². The molecule has 0 aliphatic carbocycles. The average Bonchev–Trinajstić information content (AvgIpc) is 2.84. The molecule has 0 atom stereocenters. The fourth-order valence-electron chi connectivity index (χ4n) is 1.85. The lowest BCUT2D eigenvalue weighted by molar-refractivity contribution is -0.383. The van der Waals surface area contributed by atoms with E-state index in [0.29, 0.717) is 16.1 Å². The number of nitro groups is 1. The van der Waals surface area contributed by atoms with E-state index in [-0.39, 0.29) is 11.3 Å². The summed E-state index contributed by atoms with van der Waals surface area (Å²) in [6.07, 6.45) is 3.20. The molecule has 8 nitrogen and oxygen atoms in total. The van der Waals surface area contributed by atoms with Crippen LogP contribution in [0.4, 0.5) is 17.3 Å². The van der Waals surface area contributed by atoms with Gasteiger partial charge in [-0.1, -0.05) is 13.3 Å². The van der Waals surface area contributed by atoms with Gasteiger partial charge in [-0.05, 0) is 22.4 Å². The molecule has 20 heavy (non-hydrogen) atoms. The van der Waals surface area contributed by atoms with Gasteiger partial charge in [0.1, 0.15) is 22.3 Å². The molecule has 2 aromatic rings. The van der Waals surface area contributed by atoms with Crippen molar-refractivity contribution in [2.75, 3.05) is 24.2 Å². The molecule has 2 rings (SSSR count). The molecule has 0 saturated carbocycles. The molecule has 9 heteroatoms. The first-order valence-corrected chi connectivity index (χ1v) is 6.94. The summed E-state index contributed by atoms with van der Waals surface area (Å²) in [7, 11) is 1.88. The van der Waals surface area contributed by atoms with Crippen molar-refractivity contribution >= 4 is 38.9 Å². The van der Waals surface area contributed by atoms with Gasteiger partial charge in [-0.15, -0.1) is 0 Å². The van der Waals surface area contributed by atoms with E-state index in [4.69, 9.17) is 5.73 Å². The summed E-state index contributed by atoms with van der Waals surface area (Å²) in [4.78, 5) is 16.7. The van der Waals surface area contributed by atoms with E-state index in [2.05, 4.69) is 32.9 Å². The van der Waals surface area contributed by atoms with Crippen LogP contribution in [-0.2, 0) is 0 Å². The van der Waals surface area contributed by atoms with Crippen molar-refractivity contribution in [2.24, 2.45) is 0 Å². The highest BCUT2D eigenvalue weighted by atomic mass is 79.9. The fourth-order valence-corrected chi connectivity index (χ4v) is 2.41. The molecule has 0 bridgehead atoms. The van der Waals surface area contributed by atoms with E-state index >= 15 is 0 Å². The topological polar surface area (TPSA) is 103 Å². The third kappa shape index (κ3) is 2.40. The number of aromatic nitrogens is 3. The van der Waals surface area contributed by atoms with E-state index < -0.39 is 4.92 Å². The number of nitrogen functional groups attached to an aromatic ring is 1. The number of nitrogens with two attached hydrogens (primary N) is 1. The molecule has 0 amide bonds. The molecular weight excluding hydrogens is 328 g/mol. The predicted molar refractivity (Wildman–Crippen MR) is 79.9 cm³/mol. The van der Waals surface area contributed by atoms with Gasteiger partial charge in [0.2, 0.25) is 5.65 Å². The third-order valence-corrected chi connectivity index (χ3v) is 3.75. The number of rotatable bonds is 5. The van der Waals surface area contributed by atoms with E-state index in [1.807, 2.05) is 11.9 Å². The lowest BCUT2D eigenvalue weighted by Crippen LogP contribution is -2.21. The highest BCUT2D eigenvalue weighted by Gasteiger charge is 2.22. The summed E-state index contributed by atoms with van der Waals surface area (Å²) in [6.45, 7) is 2.88. The molecule has 0 unspecified atom stereocenters. The minimum Gasteiger partial charge on any atom is -0.383 e. The SMILES string of the molecule is CCCCN(C)c1nc2c([N+](=O)[O-])cnn2c(N)c1Br. The van der Waals surface area contributed by atoms with Crippen LogP contribution in [0.15, 0.2) is 10.7 Å². The monoisotopic (exact) mass is 342 g/mol. The smallest absolute Gasteiger partial charge is 0.333 e. The Morgan fingerprint density at radius 1 is 1.60 bits per heavy atom. The van der Waals surface area contributed by atoms with E-state index in [1.165, 1.54) is 4.52 Å². The molecule has 2 N–H and O–H groups in total. The molecular formula is C11H15BrN6O2. The molecule has 2 heterocycles. The Bertz CT molecular complexity index is 656. The summed E-state index contributed by atoms with van der Waals surface area (Å²) in [6, 6.07) is 0. The van der Waals surface area contributed by atoms with Gasteiger partial charge in [0.15, 0.2) is 0 Å². The Labute approximate surface area is 123 Å². The minimum absolute atomic E-state index is 0.147. The molecule has 0 radical (unpaired) electrons. The van der Waals surface area contributed by atoms with Crippen molar-refractivity contribution in [3.8, 4) is 0 Å². The summed E-state index contributed by atoms with van der Waals surface area (Å²) in [5.74, 6) is 0.869. The van der Waals surface area contributed by atoms with Gasteiger partial charge in [0.05, 0.1) is 4.92 Å². The van der Waals surface area contributed by atoms with E-state index in [1.54, 1.807) is 0 Å². The largest absolute Gasteiger partial charge is 0.383 e. The van der Waals surface area contributed by atoms with Crippen molar-refractivity contribution in [2.45, 2.75) is 19.8 Å². The van der Waals surface area contributed by atoms with Crippen LogP contribution in [0.5, 0.6) is 0 Å². The normalized spacial score (nSPS) is 10.9. The summed E-state index contributed by atoms with van der Waals surface area (Å²) >= 11 is 3.38. The Hall–Kier alpha value is -1.90. The molecule has 108 valence electrons. The number of anilines is 2. The van der Waals surface area contributed by atoms with Gasteiger partial charge in [0, 0.05) is 13.6 Å². The lowest BCUT2D eigenvalue weighted by atomic mass is 10.3. The highest BCUT2D eigenvalue weighted by molar-refractivity contribution is 9.10. The Morgan fingerprint density at radius 3 is 2.90 bits per heavy atom. The van der Waals surface area contributed by atoms with Crippen LogP contribution >= 0.6 is 15.9 Å². The van der Waals surface area contributed by atoms with Crippen LogP contribution in [0, 0.1) is 10.1 Å². The van der Waals surface area contributed by atoms with Crippen LogP contribution in [-0.4, -0.2) is 33.1 Å². The first-order chi connectivity index (χ1) is 9.47. The average molecular weight is 343 g/mol. The second kappa shape index (κ2) is 5.61. The van der Waals surface area contributed by atoms with Gasteiger partial charge in [-0.25, -0.2) is 4.98 Å². The maximum Gasteiger partial charge on any atom is 0.333 e. The number of fused-ring (bicyclic) bond motifs is 1. The molecule has 0 aliphatic rings. The zero-order chi connectivity index (χ0) is 14.9. The van der Waals surface area contributed by atoms with E-state index in [9.17, 15) is 10.1 Å². The van der Waals surface area contributed by atoms with Crippen molar-refractivity contribution < 1.29 is 4.92 Å². The maximum absolute atomic E-state index is 11.0. The maximum atomic E-state index is 11.0. The van der Waals surface area contributed by atoms with Crippen LogP contribution < -0.4 is 10.6 Å². The number of nitrogens with zero attached hydrogens (tertiary/aromatic N) is 5. The van der Waals surface area contributed by atoms with Crippen molar-refractivity contribution in [3.05, 3.63) is 20.8 Å². The van der Waals surface area contributed by atoms with E-state index in [0.717, 1.165) is 25.6 Å². The van der Waals surface area contributed by atoms with Crippen LogP contribution in [0.25, 0.3) is 5.65 Å². The minimum atomic E-state index is -0.515. The molecule has 0 aliphatic heterocycles. The molecule has 0 fully saturated rings. The Balaban J connectivity index is 2.57. The third-order valence-electron chi connectivity index (χ3n) is 2.99. The van der Waals surface area contributed by atoms with Gasteiger partial charge in [-0.3, -0.25) is 10.1 Å². The standard InChI is InChI=1S/C11H15BrN6O2/c1-3-4-5-16(2)11-8(12)9(13)17-10(15-11)7(6-14-17)18(19)20/h6H,3-5,13H2,1-2H3. The predicted octanol–water partition coefficient (Wildman–Crippen LogP) is 2.22. The summed E-state index contributed by atoms with van der Waals surface area (Å²) < 4.78 is 1.85.